The van der Waals surface area contributed by atoms with Gasteiger partial charge in [-0.1, -0.05) is 0 Å². The molecule has 2 aromatic carbocycles. The Hall–Kier alpha value is -4.68. The Balaban J connectivity index is 1.11. The van der Waals surface area contributed by atoms with E-state index >= 15 is 0 Å². The van der Waals surface area contributed by atoms with Crippen LogP contribution in [0.1, 0.15) is 12.8 Å². The number of aromatic amines is 1. The molecule has 5 aromatic rings. The van der Waals surface area contributed by atoms with Crippen LogP contribution < -0.4 is 25.2 Å². The molecule has 0 unspecified atom stereocenters. The number of likely N-dealkylation sites (N-methyl/N-ethyl adjacent to an activating group) is 1. The van der Waals surface area contributed by atoms with E-state index in [4.69, 9.17) is 14.7 Å². The van der Waals surface area contributed by atoms with Gasteiger partial charge in [0.25, 0.3) is 0 Å². The van der Waals surface area contributed by atoms with E-state index < -0.39 is 0 Å². The van der Waals surface area contributed by atoms with E-state index in [2.05, 4.69) is 65.5 Å². The number of methoxy groups -OCH3 is 1. The second-order valence-electron chi connectivity index (χ2n) is 12.1. The van der Waals surface area contributed by atoms with Crippen LogP contribution in [0.15, 0.2) is 55.0 Å². The summed E-state index contributed by atoms with van der Waals surface area (Å²) in [7, 11) is 7.92. The van der Waals surface area contributed by atoms with Crippen molar-refractivity contribution in [3.05, 3.63) is 55.0 Å². The van der Waals surface area contributed by atoms with E-state index in [1.807, 2.05) is 43.4 Å². The van der Waals surface area contributed by atoms with E-state index in [1.54, 1.807) is 19.5 Å². The SMILES string of the molecule is COc1cc(N2CCC(N3CCN(C)CC3)CC2)ccc1Nc1nc(Nc2ccc3nccnc3c2N(C)C)c2cc[nH]c2n1. The lowest BCUT2D eigenvalue weighted by Gasteiger charge is -2.42. The third-order valence-corrected chi connectivity index (χ3v) is 9.05. The molecule has 2 aliphatic rings. The summed E-state index contributed by atoms with van der Waals surface area (Å²) < 4.78 is 5.86. The van der Waals surface area contributed by atoms with E-state index in [9.17, 15) is 0 Å². The van der Waals surface area contributed by atoms with Gasteiger partial charge in [0, 0.05) is 89.8 Å². The number of hydrogen-bond donors (Lipinski definition) is 3. The number of nitrogens with one attached hydrogen (secondary N) is 3. The quantitative estimate of drug-likeness (QED) is 0.229. The first-order valence-electron chi connectivity index (χ1n) is 15.6. The molecule has 12 heteroatoms. The van der Waals surface area contributed by atoms with E-state index in [0.29, 0.717) is 17.8 Å². The molecule has 0 aliphatic carbocycles. The Morgan fingerprint density at radius 3 is 2.44 bits per heavy atom. The number of nitrogens with zero attached hydrogens (tertiary/aromatic N) is 8. The highest BCUT2D eigenvalue weighted by Crippen LogP contribution is 2.37. The van der Waals surface area contributed by atoms with Crippen molar-refractivity contribution in [3.63, 3.8) is 0 Å². The number of hydrogen-bond acceptors (Lipinski definition) is 11. The van der Waals surface area contributed by atoms with Crippen molar-refractivity contribution in [3.8, 4) is 5.75 Å². The highest BCUT2D eigenvalue weighted by molar-refractivity contribution is 5.99. The van der Waals surface area contributed by atoms with Crippen molar-refractivity contribution < 1.29 is 4.74 Å². The molecule has 0 atom stereocenters. The molecular formula is C33H41N11O. The van der Waals surface area contributed by atoms with Crippen LogP contribution >= 0.6 is 0 Å². The molecule has 0 spiro atoms. The number of rotatable bonds is 8. The molecule has 2 saturated heterocycles. The molecule has 0 saturated carbocycles. The largest absolute Gasteiger partial charge is 0.494 e. The van der Waals surface area contributed by atoms with Crippen molar-refractivity contribution >= 4 is 56.6 Å². The van der Waals surface area contributed by atoms with Crippen molar-refractivity contribution in [2.24, 2.45) is 0 Å². The first-order chi connectivity index (χ1) is 22.0. The molecule has 45 heavy (non-hydrogen) atoms. The highest BCUT2D eigenvalue weighted by Gasteiger charge is 2.27. The van der Waals surface area contributed by atoms with Crippen LogP contribution in [0.4, 0.5) is 34.5 Å². The van der Waals surface area contributed by atoms with Crippen LogP contribution in [-0.4, -0.2) is 108 Å². The van der Waals surface area contributed by atoms with Crippen molar-refractivity contribution in [2.45, 2.75) is 18.9 Å². The second kappa shape index (κ2) is 12.4. The summed E-state index contributed by atoms with van der Waals surface area (Å²) >= 11 is 0. The van der Waals surface area contributed by atoms with E-state index in [1.165, 1.54) is 44.7 Å². The molecule has 7 rings (SSSR count). The summed E-state index contributed by atoms with van der Waals surface area (Å²) in [5, 5.41) is 7.84. The number of aromatic nitrogens is 5. The van der Waals surface area contributed by atoms with E-state index in [0.717, 1.165) is 58.0 Å². The van der Waals surface area contributed by atoms with E-state index in [-0.39, 0.29) is 0 Å². The molecular weight excluding hydrogens is 566 g/mol. The van der Waals surface area contributed by atoms with Crippen LogP contribution in [0.5, 0.6) is 5.75 Å². The molecule has 5 heterocycles. The van der Waals surface area contributed by atoms with Crippen molar-refractivity contribution in [1.82, 2.24) is 34.7 Å². The Morgan fingerprint density at radius 2 is 1.67 bits per heavy atom. The summed E-state index contributed by atoms with van der Waals surface area (Å²) in [5.41, 5.74) is 6.16. The van der Waals surface area contributed by atoms with Gasteiger partial charge in [0.1, 0.15) is 22.7 Å². The van der Waals surface area contributed by atoms with Crippen LogP contribution in [0.2, 0.25) is 0 Å². The molecule has 3 aromatic heterocycles. The van der Waals surface area contributed by atoms with Gasteiger partial charge in [0.2, 0.25) is 5.95 Å². The molecule has 2 aliphatic heterocycles. The van der Waals surface area contributed by atoms with Gasteiger partial charge in [-0.05, 0) is 50.2 Å². The second-order valence-corrected chi connectivity index (χ2v) is 12.1. The standard InChI is InChI=1S/C33H41N11O/c1-41(2)30-27(8-7-26-29(30)35-14-13-34-26)37-32-24-9-12-36-31(24)39-33(40-32)38-25-6-5-23(21-28(25)45-4)43-15-10-22(11-16-43)44-19-17-42(3)18-20-44/h5-9,12-14,21-22H,10-11,15-20H2,1-4H3,(H3,36,37,38,39,40). The Labute approximate surface area is 263 Å². The molecule has 234 valence electrons. The first-order valence-corrected chi connectivity index (χ1v) is 15.6. The summed E-state index contributed by atoms with van der Waals surface area (Å²) in [6.45, 7) is 6.78. The van der Waals surface area contributed by atoms with Gasteiger partial charge >= 0.3 is 0 Å². The number of benzene rings is 2. The van der Waals surface area contributed by atoms with Gasteiger partial charge in [-0.25, -0.2) is 0 Å². The van der Waals surface area contributed by atoms with Gasteiger partial charge in [-0.2, -0.15) is 9.97 Å². The van der Waals surface area contributed by atoms with Gasteiger partial charge in [-0.15, -0.1) is 0 Å². The fraction of sp³-hybridized carbons (Fsp3) is 0.394. The molecule has 2 fully saturated rings. The minimum atomic E-state index is 0.457. The summed E-state index contributed by atoms with van der Waals surface area (Å²) in [4.78, 5) is 31.6. The zero-order valence-corrected chi connectivity index (χ0v) is 26.4. The number of fused-ring (bicyclic) bond motifs is 2. The number of piperazine rings is 1. The average molecular weight is 608 g/mol. The fourth-order valence-electron chi connectivity index (χ4n) is 6.57. The monoisotopic (exact) mass is 607 g/mol. The predicted octanol–water partition coefficient (Wildman–Crippen LogP) is 4.68. The van der Waals surface area contributed by atoms with Crippen LogP contribution in [-0.2, 0) is 0 Å². The van der Waals surface area contributed by atoms with Crippen LogP contribution in [0.3, 0.4) is 0 Å². The minimum absolute atomic E-state index is 0.457. The lowest BCUT2D eigenvalue weighted by atomic mass is 10.0. The zero-order chi connectivity index (χ0) is 30.9. The summed E-state index contributed by atoms with van der Waals surface area (Å²) in [5.74, 6) is 1.88. The van der Waals surface area contributed by atoms with Gasteiger partial charge in [0.15, 0.2) is 0 Å². The molecule has 0 radical (unpaired) electrons. The molecule has 3 N–H and O–H groups in total. The van der Waals surface area contributed by atoms with Crippen molar-refractivity contribution in [2.75, 3.05) is 88.0 Å². The fourth-order valence-corrected chi connectivity index (χ4v) is 6.57. The smallest absolute Gasteiger partial charge is 0.231 e. The zero-order valence-electron chi connectivity index (χ0n) is 26.4. The predicted molar refractivity (Wildman–Crippen MR) is 182 cm³/mol. The van der Waals surface area contributed by atoms with Crippen LogP contribution in [0, 0.1) is 0 Å². The Bertz CT molecular complexity index is 1790. The normalized spacial score (nSPS) is 16.8. The maximum absolute atomic E-state index is 5.86. The number of H-pyrrole nitrogens is 1. The number of ether oxygens (including phenoxy) is 1. The molecule has 12 nitrogen and oxygen atoms in total. The van der Waals surface area contributed by atoms with Gasteiger partial charge in [-0.3, -0.25) is 14.9 Å². The number of piperidine rings is 1. The Kier molecular flexibility index (Phi) is 7.99. The van der Waals surface area contributed by atoms with Crippen molar-refractivity contribution in [1.29, 1.82) is 0 Å². The third kappa shape index (κ3) is 5.90. The molecule has 0 bridgehead atoms. The first kappa shape index (κ1) is 29.1. The van der Waals surface area contributed by atoms with Gasteiger partial charge < -0.3 is 35.1 Å². The minimum Gasteiger partial charge on any atom is -0.494 e. The summed E-state index contributed by atoms with van der Waals surface area (Å²) in [6.07, 6.45) is 7.66. The maximum Gasteiger partial charge on any atom is 0.231 e. The van der Waals surface area contributed by atoms with Gasteiger partial charge in [0.05, 0.1) is 35.1 Å². The molecule has 0 amide bonds. The van der Waals surface area contributed by atoms with Crippen LogP contribution in [0.25, 0.3) is 22.1 Å². The Morgan fingerprint density at radius 1 is 0.889 bits per heavy atom. The third-order valence-electron chi connectivity index (χ3n) is 9.05. The average Bonchev–Trinajstić information content (AvgIpc) is 3.54. The lowest BCUT2D eigenvalue weighted by Crippen LogP contribution is -2.52. The highest BCUT2D eigenvalue weighted by atomic mass is 16.5. The summed E-state index contributed by atoms with van der Waals surface area (Å²) in [6, 6.07) is 13.0. The lowest BCUT2D eigenvalue weighted by molar-refractivity contribution is 0.0982. The topological polar surface area (TPSA) is 114 Å². The number of anilines is 6. The maximum atomic E-state index is 5.86.